The lowest BCUT2D eigenvalue weighted by Gasteiger charge is -2.19. The van der Waals surface area contributed by atoms with E-state index in [4.69, 9.17) is 9.05 Å². The summed E-state index contributed by atoms with van der Waals surface area (Å²) in [5, 5.41) is 12.8. The zero-order valence-electron chi connectivity index (χ0n) is 18.4. The quantitative estimate of drug-likeness (QED) is 0.486. The number of carbonyl (C=O) groups excluding carboxylic acids is 1. The van der Waals surface area contributed by atoms with Gasteiger partial charge in [0.25, 0.3) is 11.5 Å². The highest BCUT2D eigenvalue weighted by Crippen LogP contribution is 2.46. The summed E-state index contributed by atoms with van der Waals surface area (Å²) in [5.74, 6) is -2.05. The molecule has 0 aliphatic carbocycles. The lowest BCUT2D eigenvalue weighted by Crippen LogP contribution is -2.30. The number of para-hydroxylation sites is 1. The highest BCUT2D eigenvalue weighted by Gasteiger charge is 2.31. The molecule has 178 valence electrons. The number of aromatic nitrogens is 2. The fraction of sp³-hybridized carbons (Fsp3) is 0.227. The van der Waals surface area contributed by atoms with Gasteiger partial charge >= 0.3 is 7.60 Å². The molecule has 0 fully saturated rings. The Kier molecular flexibility index (Phi) is 6.52. The molecule has 0 bridgehead atoms. The van der Waals surface area contributed by atoms with Gasteiger partial charge in [-0.15, -0.1) is 0 Å². The number of fused-ring (bicyclic) bond motifs is 1. The lowest BCUT2D eigenvalue weighted by atomic mass is 10.2. The Morgan fingerprint density at radius 3 is 2.56 bits per heavy atom. The molecule has 12 heteroatoms. The average Bonchev–Trinajstić information content (AvgIpc) is 3.29. The smallest absolute Gasteiger partial charge is 0.361 e. The van der Waals surface area contributed by atoms with Gasteiger partial charge in [0.1, 0.15) is 5.82 Å². The van der Waals surface area contributed by atoms with E-state index in [0.717, 1.165) is 32.0 Å². The van der Waals surface area contributed by atoms with Gasteiger partial charge in [-0.2, -0.15) is 0 Å². The van der Waals surface area contributed by atoms with Gasteiger partial charge in [-0.25, -0.2) is 9.37 Å². The molecule has 0 saturated heterocycles. The molecule has 0 saturated carbocycles. The predicted molar refractivity (Wildman–Crippen MR) is 122 cm³/mol. The molecule has 1 amide bonds. The molecule has 1 aliphatic rings. The second-order valence-corrected chi connectivity index (χ2v) is 9.58. The van der Waals surface area contributed by atoms with E-state index in [1.54, 1.807) is 4.90 Å². The van der Waals surface area contributed by atoms with E-state index in [1.165, 1.54) is 10.6 Å². The number of rotatable bonds is 7. The standard InChI is InChI=1S/C22H22FN4O6P/c1-32-34(31,33-2)17-12-15(23)9-8-14(17)13-24-20(29)18-19(28)21(30)27-11-10-26(22(27)25-18)16-6-4-3-5-7-16/h3-9,12,28H,10-11,13H2,1-2H3,(H,24,29). The lowest BCUT2D eigenvalue weighted by molar-refractivity contribution is 0.0942. The van der Waals surface area contributed by atoms with Gasteiger partial charge in [-0.05, 0) is 29.8 Å². The maximum Gasteiger partial charge on any atom is 0.361 e. The molecule has 4 rings (SSSR count). The Balaban J connectivity index is 1.64. The molecule has 1 aromatic heterocycles. The third-order valence-corrected chi connectivity index (χ3v) is 7.43. The minimum absolute atomic E-state index is 0.0562. The molecular weight excluding hydrogens is 466 g/mol. The first-order chi connectivity index (χ1) is 16.3. The van der Waals surface area contributed by atoms with Crippen molar-refractivity contribution in [3.63, 3.8) is 0 Å². The summed E-state index contributed by atoms with van der Waals surface area (Å²) in [6, 6.07) is 12.7. The van der Waals surface area contributed by atoms with E-state index in [1.807, 2.05) is 30.3 Å². The molecule has 3 aromatic rings. The van der Waals surface area contributed by atoms with Crippen molar-refractivity contribution in [1.29, 1.82) is 0 Å². The Morgan fingerprint density at radius 1 is 1.18 bits per heavy atom. The first kappa shape index (κ1) is 23.6. The summed E-state index contributed by atoms with van der Waals surface area (Å²) in [4.78, 5) is 31.6. The van der Waals surface area contributed by atoms with E-state index in [2.05, 4.69) is 10.3 Å². The van der Waals surface area contributed by atoms with Crippen LogP contribution in [0.25, 0.3) is 0 Å². The number of nitrogens with zero attached hydrogens (tertiary/aromatic N) is 3. The van der Waals surface area contributed by atoms with Crippen molar-refractivity contribution in [2.45, 2.75) is 13.1 Å². The molecule has 1 aliphatic heterocycles. The van der Waals surface area contributed by atoms with E-state index in [9.17, 15) is 23.7 Å². The summed E-state index contributed by atoms with van der Waals surface area (Å²) < 4.78 is 37.8. The monoisotopic (exact) mass is 488 g/mol. The normalized spacial score (nSPS) is 13.1. The van der Waals surface area contributed by atoms with Crippen LogP contribution in [-0.2, 0) is 26.7 Å². The number of nitrogens with one attached hydrogen (secondary N) is 1. The minimum Gasteiger partial charge on any atom is -0.501 e. The van der Waals surface area contributed by atoms with Crippen molar-refractivity contribution < 1.29 is 27.9 Å². The Labute approximate surface area is 194 Å². The second kappa shape index (κ2) is 9.38. The number of aromatic hydroxyl groups is 1. The molecule has 0 radical (unpaired) electrons. The van der Waals surface area contributed by atoms with Gasteiger partial charge in [0, 0.05) is 39.5 Å². The number of anilines is 2. The maximum absolute atomic E-state index is 13.8. The van der Waals surface area contributed by atoms with E-state index in [-0.39, 0.29) is 23.4 Å². The number of benzene rings is 2. The van der Waals surface area contributed by atoms with Gasteiger partial charge in [-0.3, -0.25) is 18.7 Å². The number of amides is 1. The Morgan fingerprint density at radius 2 is 1.88 bits per heavy atom. The maximum atomic E-state index is 13.8. The van der Waals surface area contributed by atoms with Crippen molar-refractivity contribution in [2.75, 3.05) is 25.7 Å². The number of halogens is 1. The Hall–Kier alpha value is -3.53. The van der Waals surface area contributed by atoms with Crippen LogP contribution in [0.4, 0.5) is 16.0 Å². The third kappa shape index (κ3) is 4.21. The van der Waals surface area contributed by atoms with Crippen LogP contribution in [0.2, 0.25) is 0 Å². The van der Waals surface area contributed by atoms with E-state index in [0.29, 0.717) is 13.1 Å². The molecule has 0 atom stereocenters. The molecular formula is C22H22FN4O6P. The van der Waals surface area contributed by atoms with Crippen molar-refractivity contribution >= 4 is 30.4 Å². The summed E-state index contributed by atoms with van der Waals surface area (Å²) in [7, 11) is -1.49. The number of carbonyl (C=O) groups is 1. The second-order valence-electron chi connectivity index (χ2n) is 7.37. The van der Waals surface area contributed by atoms with Gasteiger partial charge in [0.05, 0.1) is 5.30 Å². The van der Waals surface area contributed by atoms with Crippen molar-refractivity contribution in [3.8, 4) is 5.75 Å². The van der Waals surface area contributed by atoms with Gasteiger partial charge < -0.3 is 24.4 Å². The van der Waals surface area contributed by atoms with Crippen LogP contribution in [0.1, 0.15) is 16.1 Å². The van der Waals surface area contributed by atoms with Crippen molar-refractivity contribution in [3.05, 3.63) is 76.0 Å². The van der Waals surface area contributed by atoms with Crippen LogP contribution >= 0.6 is 7.60 Å². The zero-order chi connectivity index (χ0) is 24.5. The highest BCUT2D eigenvalue weighted by molar-refractivity contribution is 7.62. The summed E-state index contributed by atoms with van der Waals surface area (Å²) in [5.41, 5.74) is -0.141. The van der Waals surface area contributed by atoms with Gasteiger partial charge in [0.15, 0.2) is 5.69 Å². The van der Waals surface area contributed by atoms with Crippen molar-refractivity contribution in [1.82, 2.24) is 14.9 Å². The largest absolute Gasteiger partial charge is 0.501 e. The van der Waals surface area contributed by atoms with Gasteiger partial charge in [-0.1, -0.05) is 24.3 Å². The SMILES string of the molecule is COP(=O)(OC)c1cc(F)ccc1CNC(=O)c1nc2n(c(=O)c1O)CCN2c1ccccc1. The number of hydrogen-bond donors (Lipinski definition) is 2. The van der Waals surface area contributed by atoms with E-state index < -0.39 is 36.3 Å². The molecule has 34 heavy (non-hydrogen) atoms. The first-order valence-electron chi connectivity index (χ1n) is 10.2. The summed E-state index contributed by atoms with van der Waals surface area (Å²) >= 11 is 0. The minimum atomic E-state index is -3.82. The molecule has 0 spiro atoms. The highest BCUT2D eigenvalue weighted by atomic mass is 31.2. The molecule has 10 nitrogen and oxygen atoms in total. The van der Waals surface area contributed by atoms with Crippen LogP contribution in [0.15, 0.2) is 53.3 Å². The van der Waals surface area contributed by atoms with E-state index >= 15 is 0 Å². The van der Waals surface area contributed by atoms with Crippen LogP contribution in [-0.4, -0.2) is 41.3 Å². The van der Waals surface area contributed by atoms with Crippen LogP contribution in [0, 0.1) is 5.82 Å². The Bertz CT molecular complexity index is 1340. The molecule has 2 aromatic carbocycles. The summed E-state index contributed by atoms with van der Waals surface area (Å²) in [6.45, 7) is 0.528. The zero-order valence-corrected chi connectivity index (χ0v) is 19.3. The van der Waals surface area contributed by atoms with Gasteiger partial charge in [0.2, 0.25) is 11.7 Å². The molecule has 2 heterocycles. The van der Waals surface area contributed by atoms with Crippen LogP contribution in [0.3, 0.4) is 0 Å². The third-order valence-electron chi connectivity index (χ3n) is 5.46. The van der Waals surface area contributed by atoms with Crippen LogP contribution < -0.4 is 21.1 Å². The summed E-state index contributed by atoms with van der Waals surface area (Å²) in [6.07, 6.45) is 0. The fourth-order valence-electron chi connectivity index (χ4n) is 3.72. The molecule has 0 unspecified atom stereocenters. The molecule has 2 N–H and O–H groups in total. The number of hydrogen-bond acceptors (Lipinski definition) is 8. The van der Waals surface area contributed by atoms with Crippen molar-refractivity contribution in [2.24, 2.45) is 0 Å². The fourth-order valence-corrected chi connectivity index (χ4v) is 5.05. The topological polar surface area (TPSA) is 123 Å². The van der Waals surface area contributed by atoms with Crippen LogP contribution in [0.5, 0.6) is 5.75 Å². The first-order valence-corrected chi connectivity index (χ1v) is 11.8. The predicted octanol–water partition coefficient (Wildman–Crippen LogP) is 2.28. The average molecular weight is 488 g/mol.